The molecule has 0 saturated carbocycles. The first-order valence-corrected chi connectivity index (χ1v) is 8.91. The van der Waals surface area contributed by atoms with Crippen LogP contribution < -0.4 is 5.32 Å². The van der Waals surface area contributed by atoms with Crippen molar-refractivity contribution in [2.45, 2.75) is 31.1 Å². The van der Waals surface area contributed by atoms with E-state index in [9.17, 15) is 18.5 Å². The molecule has 1 N–H and O–H groups in total. The minimum absolute atomic E-state index is 0.00729. The van der Waals surface area contributed by atoms with Crippen molar-refractivity contribution in [1.82, 2.24) is 4.31 Å². The van der Waals surface area contributed by atoms with Gasteiger partial charge in [0.15, 0.2) is 0 Å². The molecule has 0 bridgehead atoms. The summed E-state index contributed by atoms with van der Waals surface area (Å²) in [6.07, 6.45) is 2.56. The second kappa shape index (κ2) is 6.80. The van der Waals surface area contributed by atoms with Crippen molar-refractivity contribution in [3.05, 3.63) is 27.3 Å². The Morgan fingerprint density at radius 3 is 2.50 bits per heavy atom. The molecule has 0 radical (unpaired) electrons. The Hall–Kier alpha value is -1.38. The Labute approximate surface area is 134 Å². The second-order valence-corrected chi connectivity index (χ2v) is 7.37. The van der Waals surface area contributed by atoms with Crippen molar-refractivity contribution in [1.29, 1.82) is 0 Å². The molecule has 0 amide bonds. The Kier molecular flexibility index (Phi) is 5.25. The Morgan fingerprint density at radius 1 is 1.32 bits per heavy atom. The monoisotopic (exact) mass is 347 g/mol. The van der Waals surface area contributed by atoms with Crippen molar-refractivity contribution >= 4 is 33.0 Å². The molecule has 1 aromatic carbocycles. The number of nitrogens with zero attached hydrogens (tertiary/aromatic N) is 2. The number of halogens is 1. The summed E-state index contributed by atoms with van der Waals surface area (Å²) >= 11 is 6.08. The zero-order valence-electron chi connectivity index (χ0n) is 12.2. The van der Waals surface area contributed by atoms with Crippen molar-refractivity contribution < 1.29 is 13.3 Å². The lowest BCUT2D eigenvalue weighted by Crippen LogP contribution is -2.35. The average Bonchev–Trinajstić information content (AvgIpc) is 2.48. The van der Waals surface area contributed by atoms with E-state index < -0.39 is 14.9 Å². The third-order valence-electron chi connectivity index (χ3n) is 3.55. The van der Waals surface area contributed by atoms with Crippen LogP contribution in [0.25, 0.3) is 0 Å². The normalized spacial score (nSPS) is 16.5. The van der Waals surface area contributed by atoms with E-state index in [4.69, 9.17) is 11.6 Å². The lowest BCUT2D eigenvalue weighted by molar-refractivity contribution is -0.384. The smallest absolute Gasteiger partial charge is 0.293 e. The topological polar surface area (TPSA) is 92.6 Å². The fraction of sp³-hybridized carbons (Fsp3) is 0.538. The molecule has 22 heavy (non-hydrogen) atoms. The SMILES string of the molecule is CCNc1cc(Cl)c(S(=O)(=O)N2CCCCC2)cc1[N+](=O)[O-]. The molecule has 9 heteroatoms. The largest absolute Gasteiger partial charge is 0.380 e. The summed E-state index contributed by atoms with van der Waals surface area (Å²) in [5, 5.41) is 14.0. The number of piperidine rings is 1. The van der Waals surface area contributed by atoms with E-state index in [1.165, 1.54) is 10.4 Å². The van der Waals surface area contributed by atoms with Crippen LogP contribution in [0, 0.1) is 10.1 Å². The molecule has 2 rings (SSSR count). The fourth-order valence-electron chi connectivity index (χ4n) is 2.47. The third kappa shape index (κ3) is 3.34. The van der Waals surface area contributed by atoms with Crippen LogP contribution >= 0.6 is 11.6 Å². The summed E-state index contributed by atoms with van der Waals surface area (Å²) in [4.78, 5) is 10.4. The molecule has 0 unspecified atom stereocenters. The summed E-state index contributed by atoms with van der Waals surface area (Å²) in [5.74, 6) is 0. The van der Waals surface area contributed by atoms with E-state index in [0.29, 0.717) is 19.6 Å². The predicted molar refractivity (Wildman–Crippen MR) is 84.9 cm³/mol. The maximum atomic E-state index is 12.7. The van der Waals surface area contributed by atoms with Gasteiger partial charge in [-0.1, -0.05) is 18.0 Å². The average molecular weight is 348 g/mol. The van der Waals surface area contributed by atoms with Gasteiger partial charge in [0.05, 0.1) is 9.95 Å². The molecular weight excluding hydrogens is 330 g/mol. The molecule has 1 saturated heterocycles. The van der Waals surface area contributed by atoms with Gasteiger partial charge in [-0.3, -0.25) is 10.1 Å². The van der Waals surface area contributed by atoms with Gasteiger partial charge in [0.2, 0.25) is 10.0 Å². The van der Waals surface area contributed by atoms with Gasteiger partial charge in [0, 0.05) is 25.7 Å². The van der Waals surface area contributed by atoms with E-state index in [2.05, 4.69) is 5.32 Å². The molecular formula is C13H18ClN3O4S. The molecule has 0 aliphatic carbocycles. The first-order valence-electron chi connectivity index (χ1n) is 7.10. The van der Waals surface area contributed by atoms with E-state index in [0.717, 1.165) is 25.3 Å². The van der Waals surface area contributed by atoms with Crippen molar-refractivity contribution in [2.75, 3.05) is 25.0 Å². The van der Waals surface area contributed by atoms with Crippen LogP contribution in [0.3, 0.4) is 0 Å². The Bertz CT molecular complexity index is 672. The highest BCUT2D eigenvalue weighted by Crippen LogP contribution is 2.35. The number of sulfonamides is 1. The maximum absolute atomic E-state index is 12.7. The molecule has 1 heterocycles. The Morgan fingerprint density at radius 2 is 1.95 bits per heavy atom. The first-order chi connectivity index (χ1) is 10.4. The number of rotatable bonds is 5. The van der Waals surface area contributed by atoms with Crippen LogP contribution in [0.15, 0.2) is 17.0 Å². The summed E-state index contributed by atoms with van der Waals surface area (Å²) in [5.41, 5.74) is -0.0723. The highest BCUT2D eigenvalue weighted by molar-refractivity contribution is 7.89. The minimum Gasteiger partial charge on any atom is -0.380 e. The number of hydrogen-bond donors (Lipinski definition) is 1. The van der Waals surface area contributed by atoms with Gasteiger partial charge >= 0.3 is 0 Å². The summed E-state index contributed by atoms with van der Waals surface area (Å²) < 4.78 is 26.6. The molecule has 0 atom stereocenters. The number of benzene rings is 1. The van der Waals surface area contributed by atoms with Crippen molar-refractivity contribution in [3.8, 4) is 0 Å². The Balaban J connectivity index is 2.50. The lowest BCUT2D eigenvalue weighted by atomic mass is 10.2. The number of hydrogen-bond acceptors (Lipinski definition) is 5. The van der Waals surface area contributed by atoms with Gasteiger partial charge in [-0.15, -0.1) is 0 Å². The number of nitro groups is 1. The molecule has 7 nitrogen and oxygen atoms in total. The number of nitro benzene ring substituents is 1. The van der Waals surface area contributed by atoms with Gasteiger partial charge < -0.3 is 5.32 Å². The van der Waals surface area contributed by atoms with Crippen LogP contribution in [0.1, 0.15) is 26.2 Å². The molecule has 122 valence electrons. The lowest BCUT2D eigenvalue weighted by Gasteiger charge is -2.26. The number of anilines is 1. The third-order valence-corrected chi connectivity index (χ3v) is 5.91. The number of nitrogens with one attached hydrogen (secondary N) is 1. The highest BCUT2D eigenvalue weighted by Gasteiger charge is 2.31. The van der Waals surface area contributed by atoms with Crippen molar-refractivity contribution in [3.63, 3.8) is 0 Å². The standard InChI is InChI=1S/C13H18ClN3O4S/c1-2-15-11-8-10(14)13(9-12(11)17(18)19)22(20,21)16-6-4-3-5-7-16/h8-9,15H,2-7H2,1H3. The van der Waals surface area contributed by atoms with E-state index in [1.807, 2.05) is 0 Å². The fourth-order valence-corrected chi connectivity index (χ4v) is 4.51. The van der Waals surface area contributed by atoms with Gasteiger partial charge in [0.25, 0.3) is 5.69 Å². The van der Waals surface area contributed by atoms with Gasteiger partial charge in [-0.05, 0) is 25.8 Å². The molecule has 1 aliphatic heterocycles. The molecule has 0 aromatic heterocycles. The second-order valence-electron chi connectivity index (χ2n) is 5.05. The van der Waals surface area contributed by atoms with Gasteiger partial charge in [-0.2, -0.15) is 4.31 Å². The summed E-state index contributed by atoms with van der Waals surface area (Å²) in [6, 6.07) is 2.35. The van der Waals surface area contributed by atoms with Crippen LogP contribution in [0.4, 0.5) is 11.4 Å². The zero-order valence-corrected chi connectivity index (χ0v) is 13.8. The van der Waals surface area contributed by atoms with Gasteiger partial charge in [-0.25, -0.2) is 8.42 Å². The molecule has 1 fully saturated rings. The molecule has 1 aromatic rings. The molecule has 0 spiro atoms. The predicted octanol–water partition coefficient (Wildman–Crippen LogP) is 2.85. The summed E-state index contributed by atoms with van der Waals surface area (Å²) in [6.45, 7) is 3.09. The van der Waals surface area contributed by atoms with E-state index in [-0.39, 0.29) is 21.3 Å². The van der Waals surface area contributed by atoms with E-state index >= 15 is 0 Å². The van der Waals surface area contributed by atoms with Crippen LogP contribution in [0.2, 0.25) is 5.02 Å². The minimum atomic E-state index is -3.81. The molecule has 1 aliphatic rings. The first kappa shape index (κ1) is 17.0. The van der Waals surface area contributed by atoms with Crippen LogP contribution in [-0.4, -0.2) is 37.3 Å². The van der Waals surface area contributed by atoms with Gasteiger partial charge in [0.1, 0.15) is 10.6 Å². The van der Waals surface area contributed by atoms with Crippen molar-refractivity contribution in [2.24, 2.45) is 0 Å². The van der Waals surface area contributed by atoms with Crippen LogP contribution in [-0.2, 0) is 10.0 Å². The van der Waals surface area contributed by atoms with E-state index in [1.54, 1.807) is 6.92 Å². The maximum Gasteiger partial charge on any atom is 0.293 e. The quantitative estimate of drug-likeness (QED) is 0.653. The summed E-state index contributed by atoms with van der Waals surface area (Å²) in [7, 11) is -3.81. The zero-order chi connectivity index (χ0) is 16.3. The van der Waals surface area contributed by atoms with Crippen LogP contribution in [0.5, 0.6) is 0 Å². The highest BCUT2D eigenvalue weighted by atomic mass is 35.5.